The minimum absolute atomic E-state index is 0.0517. The second kappa shape index (κ2) is 4.83. The van der Waals surface area contributed by atoms with Crippen molar-refractivity contribution in [2.75, 3.05) is 23.8 Å². The monoisotopic (exact) mass is 348 g/mol. The van der Waals surface area contributed by atoms with Crippen molar-refractivity contribution >= 4 is 45.2 Å². The molecule has 0 aliphatic carbocycles. The molecule has 1 fully saturated rings. The van der Waals surface area contributed by atoms with Gasteiger partial charge in [0.05, 0.1) is 35.9 Å². The first kappa shape index (κ1) is 13.6. The molecule has 1 aromatic carbocycles. The lowest BCUT2D eigenvalue weighted by atomic mass is 9.97. The van der Waals surface area contributed by atoms with Crippen LogP contribution >= 0.6 is 22.9 Å². The fourth-order valence-corrected chi connectivity index (χ4v) is 4.50. The highest BCUT2D eigenvalue weighted by Gasteiger charge is 2.42. The zero-order valence-electron chi connectivity index (χ0n) is 12.0. The van der Waals surface area contributed by atoms with Gasteiger partial charge < -0.3 is 19.8 Å². The van der Waals surface area contributed by atoms with Gasteiger partial charge in [-0.2, -0.15) is 4.98 Å². The molecule has 2 atom stereocenters. The standard InChI is InChI=1S/C15H13ClN4O2S/c16-7-1-2-12-9(3-7)19-15(22-12)20-8-4-10-13(23-14(17)18-10)11(20)6-21-5-8/h1-3,8,11H,4-6H2,(H2,17,18)/t8-,11-/m0/s1. The van der Waals surface area contributed by atoms with Gasteiger partial charge in [-0.1, -0.05) is 22.9 Å². The van der Waals surface area contributed by atoms with Crippen molar-refractivity contribution in [1.29, 1.82) is 0 Å². The van der Waals surface area contributed by atoms with Crippen LogP contribution in [0.1, 0.15) is 16.6 Å². The maximum Gasteiger partial charge on any atom is 0.299 e. The lowest BCUT2D eigenvalue weighted by Crippen LogP contribution is -2.51. The summed E-state index contributed by atoms with van der Waals surface area (Å²) in [5, 5.41) is 1.25. The van der Waals surface area contributed by atoms with E-state index in [4.69, 9.17) is 26.5 Å². The molecule has 8 heteroatoms. The molecule has 2 aliphatic rings. The summed E-state index contributed by atoms with van der Waals surface area (Å²) in [4.78, 5) is 12.5. The maximum absolute atomic E-state index is 6.04. The van der Waals surface area contributed by atoms with Crippen LogP contribution < -0.4 is 10.6 Å². The summed E-state index contributed by atoms with van der Waals surface area (Å²) < 4.78 is 11.7. The van der Waals surface area contributed by atoms with E-state index < -0.39 is 0 Å². The summed E-state index contributed by atoms with van der Waals surface area (Å²) >= 11 is 7.56. The molecule has 2 N–H and O–H groups in total. The lowest BCUT2D eigenvalue weighted by Gasteiger charge is -2.43. The number of fused-ring (bicyclic) bond motifs is 5. The molecule has 2 aliphatic heterocycles. The predicted molar refractivity (Wildman–Crippen MR) is 89.1 cm³/mol. The molecule has 5 rings (SSSR count). The zero-order chi connectivity index (χ0) is 15.6. The zero-order valence-corrected chi connectivity index (χ0v) is 13.6. The first-order chi connectivity index (χ1) is 11.2. The number of oxazole rings is 1. The van der Waals surface area contributed by atoms with Gasteiger partial charge in [0, 0.05) is 11.4 Å². The number of hydrogen-bond donors (Lipinski definition) is 1. The predicted octanol–water partition coefficient (Wildman–Crippen LogP) is 3.02. The van der Waals surface area contributed by atoms with Crippen molar-refractivity contribution in [3.63, 3.8) is 0 Å². The van der Waals surface area contributed by atoms with Crippen molar-refractivity contribution in [1.82, 2.24) is 9.97 Å². The second-order valence-corrected chi connectivity index (χ2v) is 7.29. The number of nitrogen functional groups attached to an aromatic ring is 1. The van der Waals surface area contributed by atoms with Crippen LogP contribution in [0.5, 0.6) is 0 Å². The van der Waals surface area contributed by atoms with Crippen LogP contribution in [0.3, 0.4) is 0 Å². The van der Waals surface area contributed by atoms with E-state index in [2.05, 4.69) is 14.9 Å². The normalized spacial score (nSPS) is 23.3. The number of anilines is 2. The molecule has 6 nitrogen and oxygen atoms in total. The fraction of sp³-hybridized carbons (Fsp3) is 0.333. The average molecular weight is 349 g/mol. The van der Waals surface area contributed by atoms with Crippen molar-refractivity contribution in [2.24, 2.45) is 0 Å². The molecule has 0 radical (unpaired) electrons. The number of halogens is 1. The molecule has 1 saturated heterocycles. The van der Waals surface area contributed by atoms with Crippen molar-refractivity contribution in [2.45, 2.75) is 18.5 Å². The molecule has 2 aromatic heterocycles. The van der Waals surface area contributed by atoms with Gasteiger partial charge in [0.2, 0.25) is 0 Å². The van der Waals surface area contributed by atoms with Crippen molar-refractivity contribution < 1.29 is 9.15 Å². The van der Waals surface area contributed by atoms with Gasteiger partial charge in [0.15, 0.2) is 10.7 Å². The summed E-state index contributed by atoms with van der Waals surface area (Å²) in [6, 6.07) is 6.29. The molecule has 118 valence electrons. The molecular formula is C15H13ClN4O2S. The molecule has 2 bridgehead atoms. The Morgan fingerprint density at radius 3 is 3.13 bits per heavy atom. The minimum Gasteiger partial charge on any atom is -0.423 e. The highest BCUT2D eigenvalue weighted by atomic mass is 35.5. The van der Waals surface area contributed by atoms with Crippen LogP contribution in [0.25, 0.3) is 11.1 Å². The number of nitrogens with two attached hydrogens (primary N) is 1. The number of nitrogens with zero attached hydrogens (tertiary/aromatic N) is 3. The van der Waals surface area contributed by atoms with Gasteiger partial charge in [-0.15, -0.1) is 0 Å². The largest absolute Gasteiger partial charge is 0.423 e. The van der Waals surface area contributed by atoms with E-state index in [9.17, 15) is 0 Å². The van der Waals surface area contributed by atoms with Gasteiger partial charge in [-0.3, -0.25) is 0 Å². The van der Waals surface area contributed by atoms with Crippen LogP contribution in [0.15, 0.2) is 22.6 Å². The third kappa shape index (κ3) is 2.04. The molecule has 0 spiro atoms. The number of ether oxygens (including phenoxy) is 1. The smallest absolute Gasteiger partial charge is 0.299 e. The molecule has 4 heterocycles. The SMILES string of the molecule is Nc1nc2c(s1)[C@@H]1COC[C@H](C2)N1c1nc2cc(Cl)ccc2o1. The van der Waals surface area contributed by atoms with Crippen LogP contribution in [-0.2, 0) is 11.2 Å². The third-order valence-corrected chi connectivity index (χ3v) is 5.61. The molecule has 0 saturated carbocycles. The van der Waals surface area contributed by atoms with E-state index >= 15 is 0 Å². The third-order valence-electron chi connectivity index (χ3n) is 4.35. The number of thiazole rings is 1. The first-order valence-corrected chi connectivity index (χ1v) is 8.56. The number of rotatable bonds is 1. The van der Waals surface area contributed by atoms with Gasteiger partial charge >= 0.3 is 0 Å². The summed E-state index contributed by atoms with van der Waals surface area (Å²) in [5.74, 6) is 0. The minimum atomic E-state index is 0.0517. The fourth-order valence-electron chi connectivity index (χ4n) is 3.39. The van der Waals surface area contributed by atoms with E-state index in [1.807, 2.05) is 12.1 Å². The van der Waals surface area contributed by atoms with E-state index in [1.54, 1.807) is 6.07 Å². The van der Waals surface area contributed by atoms with Gasteiger partial charge in [0.25, 0.3) is 6.01 Å². The highest BCUT2D eigenvalue weighted by Crippen LogP contribution is 2.43. The summed E-state index contributed by atoms with van der Waals surface area (Å²) in [5.41, 5.74) is 8.48. The lowest BCUT2D eigenvalue weighted by molar-refractivity contribution is 0.0579. The van der Waals surface area contributed by atoms with Crippen molar-refractivity contribution in [3.8, 4) is 0 Å². The van der Waals surface area contributed by atoms with Gasteiger partial charge in [0.1, 0.15) is 5.52 Å². The topological polar surface area (TPSA) is 77.4 Å². The Morgan fingerprint density at radius 1 is 1.30 bits per heavy atom. The van der Waals surface area contributed by atoms with Crippen LogP contribution in [0, 0.1) is 0 Å². The Bertz CT molecular complexity index is 908. The highest BCUT2D eigenvalue weighted by molar-refractivity contribution is 7.15. The summed E-state index contributed by atoms with van der Waals surface area (Å²) in [7, 11) is 0. The van der Waals surface area contributed by atoms with Crippen LogP contribution in [0.4, 0.5) is 11.1 Å². The first-order valence-electron chi connectivity index (χ1n) is 7.36. The second-order valence-electron chi connectivity index (χ2n) is 5.79. The molecular weight excluding hydrogens is 336 g/mol. The summed E-state index contributed by atoms with van der Waals surface area (Å²) in [6.07, 6.45) is 0.791. The molecule has 3 aromatic rings. The number of benzene rings is 1. The Morgan fingerprint density at radius 2 is 2.22 bits per heavy atom. The Labute approximate surface area is 140 Å². The Balaban J connectivity index is 1.63. The molecule has 0 amide bonds. The quantitative estimate of drug-likeness (QED) is 0.728. The van der Waals surface area contributed by atoms with E-state index in [0.717, 1.165) is 28.1 Å². The average Bonchev–Trinajstić information content (AvgIpc) is 3.09. The Hall–Kier alpha value is -1.83. The van der Waals surface area contributed by atoms with Crippen LogP contribution in [0.2, 0.25) is 5.02 Å². The maximum atomic E-state index is 6.04. The summed E-state index contributed by atoms with van der Waals surface area (Å²) in [6.45, 7) is 1.22. The van der Waals surface area contributed by atoms with Crippen molar-refractivity contribution in [3.05, 3.63) is 33.8 Å². The number of hydrogen-bond acceptors (Lipinski definition) is 7. The number of aromatic nitrogens is 2. The van der Waals surface area contributed by atoms with E-state index in [-0.39, 0.29) is 12.1 Å². The van der Waals surface area contributed by atoms with Crippen LogP contribution in [-0.4, -0.2) is 29.2 Å². The van der Waals surface area contributed by atoms with E-state index in [1.165, 1.54) is 11.3 Å². The van der Waals surface area contributed by atoms with Gasteiger partial charge in [-0.25, -0.2) is 4.98 Å². The van der Waals surface area contributed by atoms with E-state index in [0.29, 0.717) is 29.4 Å². The number of morpholine rings is 1. The van der Waals surface area contributed by atoms with Gasteiger partial charge in [-0.05, 0) is 18.2 Å². The Kier molecular flexibility index (Phi) is 2.86. The molecule has 0 unspecified atom stereocenters. The molecule has 23 heavy (non-hydrogen) atoms.